The Morgan fingerprint density at radius 1 is 1.36 bits per heavy atom. The minimum absolute atomic E-state index is 0.0199. The Morgan fingerprint density at radius 2 is 2.32 bits per heavy atom. The summed E-state index contributed by atoms with van der Waals surface area (Å²) in [5.41, 5.74) is 3.21. The highest BCUT2D eigenvalue weighted by Gasteiger charge is 2.30. The molecule has 1 aromatic carbocycles. The number of imidazole rings is 1. The Labute approximate surface area is 150 Å². The molecule has 6 heteroatoms. The van der Waals surface area contributed by atoms with Crippen LogP contribution in [0.25, 0.3) is 0 Å². The topological polar surface area (TPSA) is 50.2 Å². The third-order valence-electron chi connectivity index (χ3n) is 4.54. The highest BCUT2D eigenvalue weighted by molar-refractivity contribution is 7.08. The average Bonchev–Trinajstić information content (AvgIpc) is 3.36. The van der Waals surface area contributed by atoms with Gasteiger partial charge in [0.25, 0.3) is 0 Å². The summed E-state index contributed by atoms with van der Waals surface area (Å²) in [6, 6.07) is 10.3. The van der Waals surface area contributed by atoms with Crippen LogP contribution in [0.1, 0.15) is 30.0 Å². The summed E-state index contributed by atoms with van der Waals surface area (Å²) in [6.07, 6.45) is 7.57. The van der Waals surface area contributed by atoms with E-state index in [1.807, 2.05) is 33.9 Å². The van der Waals surface area contributed by atoms with Crippen LogP contribution in [-0.2, 0) is 6.54 Å². The molecule has 2 aromatic heterocycles. The molecule has 0 aliphatic carbocycles. The smallest absolute Gasteiger partial charge is 0.322 e. The molecular weight excluding hydrogens is 332 g/mol. The van der Waals surface area contributed by atoms with Gasteiger partial charge in [0.05, 0.1) is 12.4 Å². The second-order valence-electron chi connectivity index (χ2n) is 6.27. The van der Waals surface area contributed by atoms with Gasteiger partial charge in [-0.15, -0.1) is 0 Å². The first kappa shape index (κ1) is 15.9. The third kappa shape index (κ3) is 3.58. The predicted octanol–water partition coefficient (Wildman–Crippen LogP) is 4.36. The van der Waals surface area contributed by atoms with Crippen molar-refractivity contribution < 1.29 is 4.79 Å². The van der Waals surface area contributed by atoms with Gasteiger partial charge in [0.15, 0.2) is 0 Å². The second-order valence-corrected chi connectivity index (χ2v) is 7.05. The molecule has 0 bridgehead atoms. The average molecular weight is 352 g/mol. The number of hydrogen-bond acceptors (Lipinski definition) is 3. The van der Waals surface area contributed by atoms with Crippen molar-refractivity contribution in [1.82, 2.24) is 14.5 Å². The van der Waals surface area contributed by atoms with E-state index in [0.717, 1.165) is 37.2 Å². The molecule has 1 aliphatic heterocycles. The van der Waals surface area contributed by atoms with Crippen molar-refractivity contribution in [2.45, 2.75) is 25.4 Å². The van der Waals surface area contributed by atoms with E-state index in [1.54, 1.807) is 23.9 Å². The lowest BCUT2D eigenvalue weighted by Gasteiger charge is -2.24. The molecule has 3 heterocycles. The lowest BCUT2D eigenvalue weighted by Crippen LogP contribution is -2.34. The number of thiophene rings is 1. The Kier molecular flexibility index (Phi) is 4.52. The number of hydrogen-bond donors (Lipinski definition) is 1. The summed E-state index contributed by atoms with van der Waals surface area (Å²) in [4.78, 5) is 18.8. The van der Waals surface area contributed by atoms with E-state index in [1.165, 1.54) is 5.56 Å². The van der Waals surface area contributed by atoms with Gasteiger partial charge >= 0.3 is 6.03 Å². The van der Waals surface area contributed by atoms with Gasteiger partial charge in [-0.25, -0.2) is 9.78 Å². The molecule has 2 amide bonds. The molecule has 0 unspecified atom stereocenters. The number of benzene rings is 1. The molecule has 1 fully saturated rings. The minimum Gasteiger partial charge on any atom is -0.333 e. The standard InChI is InChI=1S/C19H20N4OS/c24-19(23-8-2-5-18(23)16-6-10-25-13-16)21-17-4-1-3-15(11-17)12-22-9-7-20-14-22/h1,3-4,6-7,9-11,13-14,18H,2,5,8,12H2,(H,21,24)/t18-/m0/s1. The van der Waals surface area contributed by atoms with Crippen molar-refractivity contribution in [1.29, 1.82) is 0 Å². The Bertz CT molecular complexity index is 829. The maximum absolute atomic E-state index is 12.8. The molecule has 1 atom stereocenters. The summed E-state index contributed by atoms with van der Waals surface area (Å²) in [5, 5.41) is 7.27. The number of amides is 2. The summed E-state index contributed by atoms with van der Waals surface area (Å²) in [5.74, 6) is 0. The van der Waals surface area contributed by atoms with E-state index >= 15 is 0 Å². The zero-order valence-electron chi connectivity index (χ0n) is 13.8. The largest absolute Gasteiger partial charge is 0.333 e. The summed E-state index contributed by atoms with van der Waals surface area (Å²) >= 11 is 1.68. The number of nitrogens with one attached hydrogen (secondary N) is 1. The van der Waals surface area contributed by atoms with Crippen molar-refractivity contribution in [2.24, 2.45) is 0 Å². The first-order valence-electron chi connectivity index (χ1n) is 8.44. The number of carbonyl (C=O) groups excluding carboxylic acids is 1. The molecule has 1 aliphatic rings. The number of anilines is 1. The van der Waals surface area contributed by atoms with E-state index in [9.17, 15) is 4.79 Å². The fourth-order valence-electron chi connectivity index (χ4n) is 3.35. The van der Waals surface area contributed by atoms with Crippen LogP contribution >= 0.6 is 11.3 Å². The number of carbonyl (C=O) groups is 1. The van der Waals surface area contributed by atoms with Gasteiger partial charge in [-0.05, 0) is 52.9 Å². The van der Waals surface area contributed by atoms with Crippen molar-refractivity contribution in [2.75, 3.05) is 11.9 Å². The van der Waals surface area contributed by atoms with Crippen LogP contribution in [0, 0.1) is 0 Å². The van der Waals surface area contributed by atoms with Gasteiger partial charge in [0.2, 0.25) is 0 Å². The van der Waals surface area contributed by atoms with Gasteiger partial charge in [0, 0.05) is 31.2 Å². The molecule has 1 N–H and O–H groups in total. The van der Waals surface area contributed by atoms with Crippen molar-refractivity contribution in [3.8, 4) is 0 Å². The monoisotopic (exact) mass is 352 g/mol. The highest BCUT2D eigenvalue weighted by atomic mass is 32.1. The van der Waals surface area contributed by atoms with Crippen LogP contribution in [0.4, 0.5) is 10.5 Å². The lowest BCUT2D eigenvalue weighted by atomic mass is 10.1. The predicted molar refractivity (Wildman–Crippen MR) is 99.8 cm³/mol. The molecule has 0 saturated carbocycles. The summed E-state index contributed by atoms with van der Waals surface area (Å²) in [6.45, 7) is 1.55. The summed E-state index contributed by atoms with van der Waals surface area (Å²) in [7, 11) is 0. The van der Waals surface area contributed by atoms with Gasteiger partial charge in [-0.3, -0.25) is 0 Å². The number of aromatic nitrogens is 2. The molecule has 1 saturated heterocycles. The van der Waals surface area contributed by atoms with Crippen LogP contribution in [-0.4, -0.2) is 27.0 Å². The zero-order valence-corrected chi connectivity index (χ0v) is 14.7. The Morgan fingerprint density at radius 3 is 3.12 bits per heavy atom. The van der Waals surface area contributed by atoms with Crippen LogP contribution in [0.3, 0.4) is 0 Å². The van der Waals surface area contributed by atoms with Crippen LogP contribution < -0.4 is 5.32 Å². The van der Waals surface area contributed by atoms with E-state index in [0.29, 0.717) is 0 Å². The molecule has 5 nitrogen and oxygen atoms in total. The Balaban J connectivity index is 1.45. The van der Waals surface area contributed by atoms with Gasteiger partial charge in [-0.2, -0.15) is 11.3 Å². The SMILES string of the molecule is O=C(Nc1cccc(Cn2ccnc2)c1)N1CCC[C@H]1c1ccsc1. The molecule has 4 rings (SSSR count). The zero-order chi connectivity index (χ0) is 17.1. The minimum atomic E-state index is -0.0199. The molecule has 0 spiro atoms. The fraction of sp³-hybridized carbons (Fsp3) is 0.263. The molecule has 128 valence electrons. The van der Waals surface area contributed by atoms with Gasteiger partial charge in [-0.1, -0.05) is 12.1 Å². The van der Waals surface area contributed by atoms with Crippen molar-refractivity contribution in [3.63, 3.8) is 0 Å². The van der Waals surface area contributed by atoms with E-state index in [2.05, 4.69) is 33.2 Å². The first-order valence-corrected chi connectivity index (χ1v) is 9.38. The van der Waals surface area contributed by atoms with Crippen LogP contribution in [0.5, 0.6) is 0 Å². The summed E-state index contributed by atoms with van der Waals surface area (Å²) < 4.78 is 2.01. The maximum atomic E-state index is 12.8. The third-order valence-corrected chi connectivity index (χ3v) is 5.25. The maximum Gasteiger partial charge on any atom is 0.322 e. The molecular formula is C19H20N4OS. The molecule has 3 aromatic rings. The first-order chi connectivity index (χ1) is 12.3. The normalized spacial score (nSPS) is 17.0. The Hall–Kier alpha value is -2.60. The van der Waals surface area contributed by atoms with Crippen LogP contribution in [0.2, 0.25) is 0 Å². The molecule has 25 heavy (non-hydrogen) atoms. The number of likely N-dealkylation sites (tertiary alicyclic amines) is 1. The molecule has 0 radical (unpaired) electrons. The van der Waals surface area contributed by atoms with Gasteiger partial charge < -0.3 is 14.8 Å². The van der Waals surface area contributed by atoms with Crippen molar-refractivity contribution >= 4 is 23.1 Å². The van der Waals surface area contributed by atoms with E-state index in [-0.39, 0.29) is 12.1 Å². The fourth-order valence-corrected chi connectivity index (χ4v) is 4.06. The number of nitrogens with zero attached hydrogens (tertiary/aromatic N) is 3. The quantitative estimate of drug-likeness (QED) is 0.758. The van der Waals surface area contributed by atoms with E-state index in [4.69, 9.17) is 0 Å². The van der Waals surface area contributed by atoms with Crippen LogP contribution in [0.15, 0.2) is 59.8 Å². The second kappa shape index (κ2) is 7.11. The number of rotatable bonds is 4. The van der Waals surface area contributed by atoms with E-state index < -0.39 is 0 Å². The lowest BCUT2D eigenvalue weighted by molar-refractivity contribution is 0.207. The highest BCUT2D eigenvalue weighted by Crippen LogP contribution is 2.33. The van der Waals surface area contributed by atoms with Gasteiger partial charge in [0.1, 0.15) is 0 Å². The van der Waals surface area contributed by atoms with Crippen molar-refractivity contribution in [3.05, 3.63) is 70.9 Å². The number of urea groups is 1.